The Balaban J connectivity index is 2.45. The van der Waals surface area contributed by atoms with Crippen molar-refractivity contribution in [3.05, 3.63) is 21.9 Å². The average Bonchev–Trinajstić information content (AvgIpc) is 2.59. The monoisotopic (exact) mass is 322 g/mol. The molecule has 0 aliphatic heterocycles. The summed E-state index contributed by atoms with van der Waals surface area (Å²) in [5.41, 5.74) is 0. The second-order valence-electron chi connectivity index (χ2n) is 2.13. The zero-order chi connectivity index (χ0) is 9.52. The molecule has 0 spiro atoms. The van der Waals surface area contributed by atoms with Crippen LogP contribution in [-0.2, 0) is 10.6 Å². The van der Waals surface area contributed by atoms with E-state index in [1.807, 2.05) is 0 Å². The molecule has 1 aromatic heterocycles. The summed E-state index contributed by atoms with van der Waals surface area (Å²) in [6, 6.07) is 4.15. The Morgan fingerprint density at radius 1 is 1.08 bits per heavy atom. The second kappa shape index (κ2) is 6.21. The number of nitriles is 2. The van der Waals surface area contributed by atoms with Crippen molar-refractivity contribution in [2.45, 2.75) is 10.6 Å². The van der Waals surface area contributed by atoms with E-state index in [9.17, 15) is 0 Å². The molecule has 5 heteroatoms. The molecule has 1 aromatic rings. The third-order valence-electron chi connectivity index (χ3n) is 1.28. The maximum atomic E-state index is 8.42. The quantitative estimate of drug-likeness (QED) is 0.781. The summed E-state index contributed by atoms with van der Waals surface area (Å²) < 4.78 is 0. The molecule has 0 fully saturated rings. The third kappa shape index (κ3) is 3.96. The Morgan fingerprint density at radius 3 is 1.92 bits per heavy atom. The van der Waals surface area contributed by atoms with Crippen LogP contribution in [0.5, 0.6) is 0 Å². The topological polar surface area (TPSA) is 47.6 Å². The van der Waals surface area contributed by atoms with Crippen molar-refractivity contribution in [3.8, 4) is 9.94 Å². The van der Waals surface area contributed by atoms with Gasteiger partial charge in [-0.2, -0.15) is 0 Å². The number of thiophene rings is 1. The second-order valence-corrected chi connectivity index (χ2v) is 6.57. The van der Waals surface area contributed by atoms with Crippen LogP contribution >= 0.6 is 11.3 Å². The van der Waals surface area contributed by atoms with Crippen LogP contribution in [0.25, 0.3) is 0 Å². The molecule has 0 N–H and O–H groups in total. The number of hydrogen-bond donors (Lipinski definition) is 0. The van der Waals surface area contributed by atoms with Crippen LogP contribution in [0, 0.1) is 20.5 Å². The van der Waals surface area contributed by atoms with E-state index in [-0.39, 0.29) is 29.9 Å². The summed E-state index contributed by atoms with van der Waals surface area (Å²) in [6.45, 7) is 0. The molecular weight excluding hydrogens is 314 g/mol. The molecular formula is C8H6N2SSe2. The van der Waals surface area contributed by atoms with Gasteiger partial charge in [0.25, 0.3) is 0 Å². The predicted molar refractivity (Wildman–Crippen MR) is 54.5 cm³/mol. The van der Waals surface area contributed by atoms with E-state index in [2.05, 4.69) is 22.1 Å². The van der Waals surface area contributed by atoms with Crippen LogP contribution in [-0.4, -0.2) is 29.9 Å². The van der Waals surface area contributed by atoms with Crippen molar-refractivity contribution in [1.82, 2.24) is 0 Å². The van der Waals surface area contributed by atoms with Crippen molar-refractivity contribution in [3.63, 3.8) is 0 Å². The van der Waals surface area contributed by atoms with Crippen LogP contribution in [0.1, 0.15) is 9.75 Å². The van der Waals surface area contributed by atoms with E-state index in [1.54, 1.807) is 11.3 Å². The molecule has 0 aromatic carbocycles. The normalized spacial score (nSPS) is 9.08. The summed E-state index contributed by atoms with van der Waals surface area (Å²) in [5, 5.41) is 18.7. The Kier molecular flexibility index (Phi) is 5.16. The molecule has 0 amide bonds. The first-order valence-electron chi connectivity index (χ1n) is 3.46. The predicted octanol–water partition coefficient (Wildman–Crippen LogP) is 1.12. The summed E-state index contributed by atoms with van der Waals surface area (Å²) in [5.74, 6) is 0. The molecule has 0 unspecified atom stereocenters. The molecule has 0 aliphatic rings. The van der Waals surface area contributed by atoms with Crippen LogP contribution in [0.15, 0.2) is 12.1 Å². The SMILES string of the molecule is N#C[Se]Cc1ccc(C[Se]C#N)s1. The molecule has 0 atom stereocenters. The molecule has 0 bridgehead atoms. The zero-order valence-electron chi connectivity index (χ0n) is 6.69. The van der Waals surface area contributed by atoms with Gasteiger partial charge in [-0.1, -0.05) is 0 Å². The van der Waals surface area contributed by atoms with Gasteiger partial charge >= 0.3 is 94.2 Å². The fourth-order valence-corrected chi connectivity index (χ4v) is 4.14. The van der Waals surface area contributed by atoms with E-state index in [0.717, 1.165) is 10.6 Å². The van der Waals surface area contributed by atoms with Crippen LogP contribution < -0.4 is 0 Å². The minimum absolute atomic E-state index is 0.0858. The van der Waals surface area contributed by atoms with Gasteiger partial charge in [0.2, 0.25) is 0 Å². The first-order chi connectivity index (χ1) is 6.36. The van der Waals surface area contributed by atoms with Crippen molar-refractivity contribution in [2.24, 2.45) is 0 Å². The Morgan fingerprint density at radius 2 is 1.54 bits per heavy atom. The van der Waals surface area contributed by atoms with Gasteiger partial charge in [0.15, 0.2) is 0 Å². The van der Waals surface area contributed by atoms with Gasteiger partial charge in [-0.25, -0.2) is 0 Å². The molecule has 1 heterocycles. The van der Waals surface area contributed by atoms with Gasteiger partial charge in [0.05, 0.1) is 0 Å². The Labute approximate surface area is 93.9 Å². The molecule has 0 saturated heterocycles. The van der Waals surface area contributed by atoms with E-state index in [0.29, 0.717) is 0 Å². The first kappa shape index (κ1) is 10.8. The molecule has 2 nitrogen and oxygen atoms in total. The summed E-state index contributed by atoms with van der Waals surface area (Å²) >= 11 is 1.91. The minimum atomic E-state index is 0.0858. The van der Waals surface area contributed by atoms with E-state index in [1.165, 1.54) is 9.75 Å². The van der Waals surface area contributed by atoms with Crippen molar-refractivity contribution < 1.29 is 0 Å². The summed E-state index contributed by atoms with van der Waals surface area (Å²) in [7, 11) is 0. The van der Waals surface area contributed by atoms with Crippen LogP contribution in [0.3, 0.4) is 0 Å². The number of rotatable bonds is 4. The van der Waals surface area contributed by atoms with Crippen molar-refractivity contribution >= 4 is 41.3 Å². The fraction of sp³-hybridized carbons (Fsp3) is 0.250. The van der Waals surface area contributed by atoms with Crippen molar-refractivity contribution in [2.75, 3.05) is 0 Å². The standard InChI is InChI=1S/C8H6N2SSe2/c9-5-12-3-7-1-2-8(11-7)4-13-6-10/h1-2H,3-4H2. The Hall–Kier alpha value is -0.281. The molecule has 66 valence electrons. The molecule has 0 saturated carbocycles. The van der Waals surface area contributed by atoms with Gasteiger partial charge in [-0.15, -0.1) is 0 Å². The van der Waals surface area contributed by atoms with Gasteiger partial charge in [0.1, 0.15) is 0 Å². The van der Waals surface area contributed by atoms with Gasteiger partial charge < -0.3 is 0 Å². The van der Waals surface area contributed by atoms with E-state index in [4.69, 9.17) is 10.5 Å². The maximum absolute atomic E-state index is 8.42. The van der Waals surface area contributed by atoms with Gasteiger partial charge in [-0.05, 0) is 0 Å². The Bertz CT molecular complexity index is 315. The summed E-state index contributed by atoms with van der Waals surface area (Å²) in [6.07, 6.45) is 0. The molecule has 1 rings (SSSR count). The number of nitrogens with zero attached hydrogens (tertiary/aromatic N) is 2. The van der Waals surface area contributed by atoms with Crippen molar-refractivity contribution in [1.29, 1.82) is 10.5 Å². The molecule has 13 heavy (non-hydrogen) atoms. The molecule has 0 aliphatic carbocycles. The summed E-state index contributed by atoms with van der Waals surface area (Å²) in [4.78, 5) is 6.94. The molecule has 0 radical (unpaired) electrons. The fourth-order valence-electron chi connectivity index (χ4n) is 0.784. The van der Waals surface area contributed by atoms with Gasteiger partial charge in [-0.3, -0.25) is 0 Å². The average molecular weight is 320 g/mol. The van der Waals surface area contributed by atoms with E-state index >= 15 is 0 Å². The van der Waals surface area contributed by atoms with Gasteiger partial charge in [0, 0.05) is 0 Å². The number of hydrogen-bond acceptors (Lipinski definition) is 3. The van der Waals surface area contributed by atoms with E-state index < -0.39 is 0 Å². The first-order valence-corrected chi connectivity index (χ1v) is 8.41. The third-order valence-corrected chi connectivity index (χ3v) is 5.64. The zero-order valence-corrected chi connectivity index (χ0v) is 10.9. The van der Waals surface area contributed by atoms with Crippen LogP contribution in [0.4, 0.5) is 0 Å². The van der Waals surface area contributed by atoms with Crippen LogP contribution in [0.2, 0.25) is 0 Å².